The van der Waals surface area contributed by atoms with Crippen LogP contribution in [0, 0.1) is 0 Å². The third-order valence-electron chi connectivity index (χ3n) is 2.81. The van der Waals surface area contributed by atoms with Gasteiger partial charge in [0, 0.05) is 22.3 Å². The van der Waals surface area contributed by atoms with Gasteiger partial charge in [0.05, 0.1) is 6.61 Å². The van der Waals surface area contributed by atoms with Gasteiger partial charge in [-0.1, -0.05) is 35.3 Å². The Morgan fingerprint density at radius 3 is 2.32 bits per heavy atom. The standard InChI is InChI=1S/C16H16Cl2N2O2/c1-2-22-15-5-3-11(4-6-15)10-19-16(21)20-14-8-12(17)7-13(18)9-14/h3-9H,2,10H2,1H3,(H2,19,20,21). The summed E-state index contributed by atoms with van der Waals surface area (Å²) in [4.78, 5) is 11.8. The van der Waals surface area contributed by atoms with E-state index in [1.165, 1.54) is 0 Å². The van der Waals surface area contributed by atoms with E-state index in [-0.39, 0.29) is 6.03 Å². The van der Waals surface area contributed by atoms with Crippen molar-refractivity contribution in [2.24, 2.45) is 0 Å². The molecule has 0 saturated carbocycles. The van der Waals surface area contributed by atoms with Gasteiger partial charge in [-0.3, -0.25) is 0 Å². The van der Waals surface area contributed by atoms with E-state index in [0.717, 1.165) is 11.3 Å². The number of ether oxygens (including phenoxy) is 1. The minimum atomic E-state index is -0.327. The maximum atomic E-state index is 11.8. The number of nitrogens with one attached hydrogen (secondary N) is 2. The Bertz CT molecular complexity index is 625. The Balaban J connectivity index is 1.87. The fourth-order valence-corrected chi connectivity index (χ4v) is 2.38. The van der Waals surface area contributed by atoms with Crippen molar-refractivity contribution in [1.82, 2.24) is 5.32 Å². The van der Waals surface area contributed by atoms with E-state index < -0.39 is 0 Å². The molecule has 22 heavy (non-hydrogen) atoms. The fourth-order valence-electron chi connectivity index (χ4n) is 1.85. The van der Waals surface area contributed by atoms with Crippen LogP contribution in [-0.4, -0.2) is 12.6 Å². The summed E-state index contributed by atoms with van der Waals surface area (Å²) < 4.78 is 5.36. The zero-order valence-corrected chi connectivity index (χ0v) is 13.5. The van der Waals surface area contributed by atoms with Crippen molar-refractivity contribution in [3.8, 4) is 5.75 Å². The molecule has 0 aliphatic rings. The Labute approximate surface area is 139 Å². The minimum absolute atomic E-state index is 0.327. The van der Waals surface area contributed by atoms with Crippen molar-refractivity contribution in [2.45, 2.75) is 13.5 Å². The fraction of sp³-hybridized carbons (Fsp3) is 0.188. The molecule has 2 aromatic rings. The van der Waals surface area contributed by atoms with Crippen LogP contribution in [0.4, 0.5) is 10.5 Å². The summed E-state index contributed by atoms with van der Waals surface area (Å²) in [6.45, 7) is 2.97. The molecule has 0 unspecified atom stereocenters. The molecule has 0 radical (unpaired) electrons. The predicted octanol–water partition coefficient (Wildman–Crippen LogP) is 4.71. The van der Waals surface area contributed by atoms with Crippen LogP contribution in [0.3, 0.4) is 0 Å². The SMILES string of the molecule is CCOc1ccc(CNC(=O)Nc2cc(Cl)cc(Cl)c2)cc1. The average Bonchev–Trinajstić information content (AvgIpc) is 2.46. The van der Waals surface area contributed by atoms with E-state index in [4.69, 9.17) is 27.9 Å². The highest BCUT2D eigenvalue weighted by Gasteiger charge is 2.04. The first-order valence-electron chi connectivity index (χ1n) is 6.79. The summed E-state index contributed by atoms with van der Waals surface area (Å²) in [6.07, 6.45) is 0. The van der Waals surface area contributed by atoms with Gasteiger partial charge in [-0.05, 0) is 42.8 Å². The van der Waals surface area contributed by atoms with Gasteiger partial charge >= 0.3 is 6.03 Å². The number of amides is 2. The van der Waals surface area contributed by atoms with Gasteiger partial charge in [0.15, 0.2) is 0 Å². The van der Waals surface area contributed by atoms with Crippen molar-refractivity contribution in [1.29, 1.82) is 0 Å². The summed E-state index contributed by atoms with van der Waals surface area (Å²) in [5.74, 6) is 0.810. The number of hydrogen-bond acceptors (Lipinski definition) is 2. The molecule has 116 valence electrons. The summed E-state index contributed by atoms with van der Waals surface area (Å²) in [6, 6.07) is 12.1. The van der Waals surface area contributed by atoms with Gasteiger partial charge < -0.3 is 15.4 Å². The zero-order chi connectivity index (χ0) is 15.9. The van der Waals surface area contributed by atoms with Crippen molar-refractivity contribution in [2.75, 3.05) is 11.9 Å². The molecule has 2 amide bonds. The Kier molecular flexibility index (Phi) is 5.92. The number of halogens is 2. The van der Waals surface area contributed by atoms with Crippen LogP contribution >= 0.6 is 23.2 Å². The maximum Gasteiger partial charge on any atom is 0.319 e. The molecule has 0 fully saturated rings. The summed E-state index contributed by atoms with van der Waals surface area (Å²) >= 11 is 11.8. The summed E-state index contributed by atoms with van der Waals surface area (Å²) in [5.41, 5.74) is 1.52. The molecule has 6 heteroatoms. The minimum Gasteiger partial charge on any atom is -0.494 e. The molecule has 0 atom stereocenters. The highest BCUT2D eigenvalue weighted by molar-refractivity contribution is 6.35. The average molecular weight is 339 g/mol. The zero-order valence-electron chi connectivity index (χ0n) is 12.0. The molecule has 0 spiro atoms. The molecule has 2 N–H and O–H groups in total. The lowest BCUT2D eigenvalue weighted by Crippen LogP contribution is -2.28. The lowest BCUT2D eigenvalue weighted by atomic mass is 10.2. The van der Waals surface area contributed by atoms with E-state index in [1.807, 2.05) is 31.2 Å². The molecule has 0 aliphatic heterocycles. The molecule has 2 rings (SSSR count). The molecule has 4 nitrogen and oxygen atoms in total. The first kappa shape index (κ1) is 16.5. The van der Waals surface area contributed by atoms with E-state index in [1.54, 1.807) is 18.2 Å². The molecule has 0 aliphatic carbocycles. The van der Waals surface area contributed by atoms with Crippen molar-refractivity contribution in [3.63, 3.8) is 0 Å². The van der Waals surface area contributed by atoms with Crippen molar-refractivity contribution in [3.05, 3.63) is 58.1 Å². The van der Waals surface area contributed by atoms with Gasteiger partial charge in [-0.25, -0.2) is 4.79 Å². The van der Waals surface area contributed by atoms with Gasteiger partial charge in [-0.2, -0.15) is 0 Å². The van der Waals surface area contributed by atoms with Crippen molar-refractivity contribution >= 4 is 34.9 Å². The Morgan fingerprint density at radius 2 is 1.73 bits per heavy atom. The second-order valence-electron chi connectivity index (χ2n) is 4.54. The lowest BCUT2D eigenvalue weighted by Gasteiger charge is -2.09. The van der Waals surface area contributed by atoms with E-state index in [9.17, 15) is 4.79 Å². The van der Waals surface area contributed by atoms with Gasteiger partial charge in [0.1, 0.15) is 5.75 Å². The number of carbonyl (C=O) groups excluding carboxylic acids is 1. The van der Waals surface area contributed by atoms with Crippen LogP contribution < -0.4 is 15.4 Å². The predicted molar refractivity (Wildman–Crippen MR) is 89.9 cm³/mol. The molecule has 0 bridgehead atoms. The summed E-state index contributed by atoms with van der Waals surface area (Å²) in [5, 5.41) is 6.38. The molecule has 0 heterocycles. The third-order valence-corrected chi connectivity index (χ3v) is 3.24. The molecular weight excluding hydrogens is 323 g/mol. The smallest absolute Gasteiger partial charge is 0.319 e. The van der Waals surface area contributed by atoms with Crippen LogP contribution in [0.5, 0.6) is 5.75 Å². The van der Waals surface area contributed by atoms with E-state index >= 15 is 0 Å². The Morgan fingerprint density at radius 1 is 1.09 bits per heavy atom. The topological polar surface area (TPSA) is 50.4 Å². The van der Waals surface area contributed by atoms with Gasteiger partial charge in [0.25, 0.3) is 0 Å². The Hall–Kier alpha value is -1.91. The molecule has 0 saturated heterocycles. The number of rotatable bonds is 5. The first-order chi connectivity index (χ1) is 10.6. The quantitative estimate of drug-likeness (QED) is 0.829. The molecule has 2 aromatic carbocycles. The van der Waals surface area contributed by atoms with Crippen molar-refractivity contribution < 1.29 is 9.53 Å². The van der Waals surface area contributed by atoms with Crippen LogP contribution in [0.15, 0.2) is 42.5 Å². The normalized spacial score (nSPS) is 10.1. The monoisotopic (exact) mass is 338 g/mol. The number of carbonyl (C=O) groups is 1. The largest absolute Gasteiger partial charge is 0.494 e. The van der Waals surface area contributed by atoms with Crippen LogP contribution in [0.1, 0.15) is 12.5 Å². The van der Waals surface area contributed by atoms with Gasteiger partial charge in [-0.15, -0.1) is 0 Å². The number of urea groups is 1. The number of hydrogen-bond donors (Lipinski definition) is 2. The van der Waals surface area contributed by atoms with Crippen LogP contribution in [-0.2, 0) is 6.54 Å². The number of benzene rings is 2. The highest BCUT2D eigenvalue weighted by Crippen LogP contribution is 2.22. The number of anilines is 1. The molecule has 0 aromatic heterocycles. The second-order valence-corrected chi connectivity index (χ2v) is 5.42. The van der Waals surface area contributed by atoms with Crippen LogP contribution in [0.25, 0.3) is 0 Å². The summed E-state index contributed by atoms with van der Waals surface area (Å²) in [7, 11) is 0. The van der Waals surface area contributed by atoms with Gasteiger partial charge in [0.2, 0.25) is 0 Å². The third kappa shape index (κ3) is 5.13. The molecular formula is C16H16Cl2N2O2. The van der Waals surface area contributed by atoms with E-state index in [0.29, 0.717) is 28.9 Å². The maximum absolute atomic E-state index is 11.8. The first-order valence-corrected chi connectivity index (χ1v) is 7.55. The van der Waals surface area contributed by atoms with E-state index in [2.05, 4.69) is 10.6 Å². The van der Waals surface area contributed by atoms with Crippen LogP contribution in [0.2, 0.25) is 10.0 Å². The highest BCUT2D eigenvalue weighted by atomic mass is 35.5. The lowest BCUT2D eigenvalue weighted by molar-refractivity contribution is 0.251. The second kappa shape index (κ2) is 7.92.